The largest absolute Gasteiger partial charge is 0.454 e. The van der Waals surface area contributed by atoms with Gasteiger partial charge in [-0.3, -0.25) is 24.1 Å². The lowest BCUT2D eigenvalue weighted by atomic mass is 9.81. The quantitative estimate of drug-likeness (QED) is 0.310. The lowest BCUT2D eigenvalue weighted by Gasteiger charge is -2.28. The maximum Gasteiger partial charge on any atom is 0.326 e. The molecule has 2 saturated carbocycles. The number of hydrogen-bond donors (Lipinski definition) is 1. The molecular weight excluding hydrogens is 600 g/mol. The Morgan fingerprint density at radius 2 is 1.65 bits per heavy atom. The Hall–Kier alpha value is -1.26. The van der Waals surface area contributed by atoms with E-state index in [2.05, 4.69) is 53.1 Å². The van der Waals surface area contributed by atoms with Crippen LogP contribution in [0.1, 0.15) is 17.5 Å². The molecule has 1 aromatic rings. The predicted molar refractivity (Wildman–Crippen MR) is 124 cm³/mol. The summed E-state index contributed by atoms with van der Waals surface area (Å²) in [6.07, 6.45) is 0.825. The lowest BCUT2D eigenvalue weighted by molar-refractivity contribution is -0.154. The molecule has 2 aliphatic carbocycles. The molecule has 1 saturated heterocycles. The highest BCUT2D eigenvalue weighted by molar-refractivity contribution is 9.12. The molecule has 166 valence electrons. The zero-order valence-electron chi connectivity index (χ0n) is 16.9. The second-order valence-electron chi connectivity index (χ2n) is 8.39. The molecule has 0 spiro atoms. The van der Waals surface area contributed by atoms with Crippen LogP contribution < -0.4 is 5.32 Å². The number of fused-ring (bicyclic) bond motifs is 5. The van der Waals surface area contributed by atoms with Gasteiger partial charge in [0.05, 0.1) is 11.8 Å². The minimum atomic E-state index is -0.779. The Kier molecular flexibility index (Phi) is 6.35. The van der Waals surface area contributed by atoms with Crippen molar-refractivity contribution >= 4 is 77.2 Å². The first-order valence-corrected chi connectivity index (χ1v) is 12.6. The molecule has 31 heavy (non-hydrogen) atoms. The van der Waals surface area contributed by atoms with Gasteiger partial charge in [-0.1, -0.05) is 47.8 Å². The van der Waals surface area contributed by atoms with Gasteiger partial charge < -0.3 is 10.1 Å². The summed E-state index contributed by atoms with van der Waals surface area (Å²) in [5, 5.41) is 2.71. The minimum Gasteiger partial charge on any atom is -0.454 e. The van der Waals surface area contributed by atoms with Crippen molar-refractivity contribution in [1.29, 1.82) is 0 Å². The fourth-order valence-corrected chi connectivity index (χ4v) is 7.32. The van der Waals surface area contributed by atoms with Crippen LogP contribution in [-0.4, -0.2) is 51.4 Å². The minimum absolute atomic E-state index is 0.0835. The average Bonchev–Trinajstić information content (AvgIpc) is 3.31. The van der Waals surface area contributed by atoms with Crippen molar-refractivity contribution in [2.45, 2.75) is 29.9 Å². The fourth-order valence-electron chi connectivity index (χ4n) is 4.99. The van der Waals surface area contributed by atoms with E-state index >= 15 is 0 Å². The number of benzene rings is 1. The number of halogens is 3. The smallest absolute Gasteiger partial charge is 0.326 e. The molecule has 3 fully saturated rings. The number of imide groups is 1. The summed E-state index contributed by atoms with van der Waals surface area (Å²) in [7, 11) is 0. The van der Waals surface area contributed by atoms with Crippen molar-refractivity contribution < 1.29 is 23.9 Å². The van der Waals surface area contributed by atoms with Gasteiger partial charge in [0, 0.05) is 19.8 Å². The third-order valence-corrected chi connectivity index (χ3v) is 10.6. The van der Waals surface area contributed by atoms with Crippen LogP contribution in [0.5, 0.6) is 0 Å². The molecule has 2 bridgehead atoms. The number of anilines is 1. The van der Waals surface area contributed by atoms with E-state index in [1.54, 1.807) is 0 Å². The molecule has 1 N–H and O–H groups in total. The lowest BCUT2D eigenvalue weighted by Crippen LogP contribution is -2.38. The summed E-state index contributed by atoms with van der Waals surface area (Å²) < 4.78 is 5.97. The summed E-state index contributed by atoms with van der Waals surface area (Å²) in [6, 6.07) is 3.71. The van der Waals surface area contributed by atoms with Gasteiger partial charge in [0.15, 0.2) is 6.61 Å². The summed E-state index contributed by atoms with van der Waals surface area (Å²) in [5.41, 5.74) is 2.45. The van der Waals surface area contributed by atoms with Crippen LogP contribution in [0.15, 0.2) is 16.6 Å². The summed E-state index contributed by atoms with van der Waals surface area (Å²) >= 11 is 10.7. The molecule has 3 aliphatic rings. The zero-order chi connectivity index (χ0) is 22.6. The van der Waals surface area contributed by atoms with Crippen molar-refractivity contribution in [2.24, 2.45) is 23.7 Å². The number of amides is 3. The van der Waals surface area contributed by atoms with Crippen LogP contribution in [0.2, 0.25) is 0 Å². The van der Waals surface area contributed by atoms with Crippen molar-refractivity contribution in [3.63, 3.8) is 0 Å². The van der Waals surface area contributed by atoms with Gasteiger partial charge in [0.2, 0.25) is 11.8 Å². The number of ether oxygens (including phenoxy) is 1. The molecule has 10 heteroatoms. The van der Waals surface area contributed by atoms with Gasteiger partial charge in [0.25, 0.3) is 5.91 Å². The molecular formula is C21H21Br3N2O5. The maximum absolute atomic E-state index is 12.8. The second kappa shape index (κ2) is 8.59. The van der Waals surface area contributed by atoms with Crippen molar-refractivity contribution in [3.05, 3.63) is 27.7 Å². The zero-order valence-corrected chi connectivity index (χ0v) is 21.6. The molecule has 1 heterocycles. The summed E-state index contributed by atoms with van der Waals surface area (Å²) in [5.74, 6) is -2.48. The third kappa shape index (κ3) is 3.99. The van der Waals surface area contributed by atoms with Gasteiger partial charge in [-0.15, -0.1) is 0 Å². The van der Waals surface area contributed by atoms with Gasteiger partial charge in [-0.05, 0) is 55.4 Å². The number of likely N-dealkylation sites (tertiary alicyclic amines) is 1. The van der Waals surface area contributed by atoms with Crippen LogP contribution in [-0.2, 0) is 23.9 Å². The van der Waals surface area contributed by atoms with E-state index < -0.39 is 25.0 Å². The Bertz CT molecular complexity index is 952. The highest BCUT2D eigenvalue weighted by Crippen LogP contribution is 2.60. The molecule has 0 unspecified atom stereocenters. The van der Waals surface area contributed by atoms with Crippen molar-refractivity contribution in [1.82, 2.24) is 4.90 Å². The normalized spacial score (nSPS) is 31.2. The van der Waals surface area contributed by atoms with Crippen LogP contribution in [0, 0.1) is 37.5 Å². The van der Waals surface area contributed by atoms with E-state index in [1.807, 2.05) is 26.0 Å². The van der Waals surface area contributed by atoms with Crippen LogP contribution >= 0.6 is 47.8 Å². The van der Waals surface area contributed by atoms with Gasteiger partial charge in [0.1, 0.15) is 6.54 Å². The summed E-state index contributed by atoms with van der Waals surface area (Å²) in [6.45, 7) is 2.80. The van der Waals surface area contributed by atoms with Crippen LogP contribution in [0.3, 0.4) is 0 Å². The van der Waals surface area contributed by atoms with E-state index in [0.717, 1.165) is 26.9 Å². The highest BCUT2D eigenvalue weighted by atomic mass is 79.9. The molecule has 3 amide bonds. The van der Waals surface area contributed by atoms with Crippen LogP contribution in [0.4, 0.5) is 5.69 Å². The monoisotopic (exact) mass is 618 g/mol. The van der Waals surface area contributed by atoms with E-state index in [1.165, 1.54) is 0 Å². The SMILES string of the molecule is Cc1cc(NC(=O)COC(=O)CN2C(=O)[C@@H]3[C@H]4C[C@@H]([C@H](Br)[C@@H]4Br)[C@@H]3C2=O)c(C)cc1Br. The number of rotatable bonds is 5. The number of hydrogen-bond acceptors (Lipinski definition) is 5. The van der Waals surface area contributed by atoms with E-state index in [-0.39, 0.29) is 45.1 Å². The van der Waals surface area contributed by atoms with E-state index in [4.69, 9.17) is 4.74 Å². The number of nitrogens with zero attached hydrogens (tertiary/aromatic N) is 1. The van der Waals surface area contributed by atoms with E-state index in [0.29, 0.717) is 5.69 Å². The van der Waals surface area contributed by atoms with Gasteiger partial charge >= 0.3 is 5.97 Å². The standard InChI is InChI=1S/C21H21Br3N2O5/c1-8-4-13(9(2)3-12(8)22)25-14(27)7-31-15(28)6-26-20(29)16-10-5-11(17(16)21(26)30)19(24)18(10)23/h3-4,10-11,16-19H,5-7H2,1-2H3,(H,25,27)/t10-,11-,16-,17+,18-,19+/m1/s1. The van der Waals surface area contributed by atoms with Crippen LogP contribution in [0.25, 0.3) is 0 Å². The molecule has 0 aromatic heterocycles. The number of carbonyl (C=O) groups is 4. The molecule has 6 atom stereocenters. The first-order chi connectivity index (χ1) is 14.6. The van der Waals surface area contributed by atoms with Gasteiger partial charge in [-0.2, -0.15) is 0 Å². The predicted octanol–water partition coefficient (Wildman–Crippen LogP) is 3.33. The summed E-state index contributed by atoms with van der Waals surface area (Å²) in [4.78, 5) is 51.4. The van der Waals surface area contributed by atoms with Gasteiger partial charge in [-0.25, -0.2) is 0 Å². The first kappa shape index (κ1) is 22.9. The molecule has 1 aromatic carbocycles. The number of aryl methyl sites for hydroxylation is 2. The van der Waals surface area contributed by atoms with Crippen molar-refractivity contribution in [2.75, 3.05) is 18.5 Å². The molecule has 7 nitrogen and oxygen atoms in total. The Labute approximate surface area is 205 Å². The first-order valence-electron chi connectivity index (χ1n) is 9.95. The topological polar surface area (TPSA) is 92.8 Å². The Morgan fingerprint density at radius 3 is 2.23 bits per heavy atom. The number of alkyl halides is 2. The Morgan fingerprint density at radius 1 is 1.06 bits per heavy atom. The highest BCUT2D eigenvalue weighted by Gasteiger charge is 2.66. The van der Waals surface area contributed by atoms with E-state index in [9.17, 15) is 19.2 Å². The molecule has 0 radical (unpaired) electrons. The number of nitrogens with one attached hydrogen (secondary N) is 1. The maximum atomic E-state index is 12.8. The average molecular weight is 621 g/mol. The molecule has 4 rings (SSSR count). The fraction of sp³-hybridized carbons (Fsp3) is 0.524. The third-order valence-electron chi connectivity index (χ3n) is 6.51. The number of esters is 1. The number of carbonyl (C=O) groups excluding carboxylic acids is 4. The molecule has 1 aliphatic heterocycles. The van der Waals surface area contributed by atoms with Crippen molar-refractivity contribution in [3.8, 4) is 0 Å². The Balaban J connectivity index is 1.33. The second-order valence-corrected chi connectivity index (χ2v) is 11.4.